The Morgan fingerprint density at radius 3 is 2.68 bits per heavy atom. The zero-order valence-corrected chi connectivity index (χ0v) is 18.4. The van der Waals surface area contributed by atoms with Crippen LogP contribution in [0.3, 0.4) is 0 Å². The van der Waals surface area contributed by atoms with Gasteiger partial charge in [-0.3, -0.25) is 14.3 Å². The first-order chi connectivity index (χ1) is 14.8. The molecule has 2 aromatic heterocycles. The zero-order valence-electron chi connectivity index (χ0n) is 16.9. The van der Waals surface area contributed by atoms with Gasteiger partial charge in [-0.15, -0.1) is 0 Å². The summed E-state index contributed by atoms with van der Waals surface area (Å²) in [4.78, 5) is 30.5. The number of nitrogens with one attached hydrogen (secondary N) is 1. The van der Waals surface area contributed by atoms with E-state index in [0.717, 1.165) is 31.5 Å². The Balaban J connectivity index is 1.46. The van der Waals surface area contributed by atoms with Crippen molar-refractivity contribution in [2.45, 2.75) is 25.3 Å². The van der Waals surface area contributed by atoms with Crippen LogP contribution in [0.25, 0.3) is 0 Å². The minimum Gasteiger partial charge on any atom is -0.358 e. The molecule has 0 saturated carbocycles. The van der Waals surface area contributed by atoms with E-state index >= 15 is 0 Å². The normalized spacial score (nSPS) is 15.4. The Morgan fingerprint density at radius 2 is 1.94 bits per heavy atom. The summed E-state index contributed by atoms with van der Waals surface area (Å²) in [5.41, 5.74) is 0.879. The van der Waals surface area contributed by atoms with Gasteiger partial charge in [-0.25, -0.2) is 4.39 Å². The van der Waals surface area contributed by atoms with E-state index in [9.17, 15) is 14.0 Å². The summed E-state index contributed by atoms with van der Waals surface area (Å²) in [5.74, 6) is -1.72. The lowest BCUT2D eigenvalue weighted by Gasteiger charge is -2.28. The number of likely N-dealkylation sites (tertiary alicyclic amines) is 1. The van der Waals surface area contributed by atoms with Crippen LogP contribution in [-0.4, -0.2) is 51.4 Å². The zero-order chi connectivity index (χ0) is 22.1. The number of halogens is 3. The van der Waals surface area contributed by atoms with E-state index in [2.05, 4.69) is 22.0 Å². The topological polar surface area (TPSA) is 71.0 Å². The molecule has 0 amide bonds. The van der Waals surface area contributed by atoms with Crippen molar-refractivity contribution in [3.63, 3.8) is 0 Å². The summed E-state index contributed by atoms with van der Waals surface area (Å²) >= 11 is 11.8. The molecule has 0 aliphatic carbocycles. The molecule has 4 rings (SSSR count). The third-order valence-corrected chi connectivity index (χ3v) is 6.21. The summed E-state index contributed by atoms with van der Waals surface area (Å²) in [7, 11) is 2.10. The Kier molecular flexibility index (Phi) is 6.27. The van der Waals surface area contributed by atoms with Crippen molar-refractivity contribution < 1.29 is 14.0 Å². The summed E-state index contributed by atoms with van der Waals surface area (Å²) in [5, 5.41) is 4.19. The van der Waals surface area contributed by atoms with Crippen molar-refractivity contribution >= 4 is 34.8 Å². The van der Waals surface area contributed by atoms with E-state index < -0.39 is 11.6 Å². The average Bonchev–Trinajstić information content (AvgIpc) is 3.41. The number of carbonyl (C=O) groups excluding carboxylic acids is 2. The number of aromatic amines is 1. The molecule has 0 unspecified atom stereocenters. The summed E-state index contributed by atoms with van der Waals surface area (Å²) in [6.07, 6.45) is 7.17. The number of rotatable bonds is 6. The number of Topliss-reactive ketones (excluding diaryl/α,β-unsaturated/α-hetero) is 1. The van der Waals surface area contributed by atoms with E-state index in [1.54, 1.807) is 6.20 Å². The van der Waals surface area contributed by atoms with Crippen LogP contribution in [0.5, 0.6) is 0 Å². The van der Waals surface area contributed by atoms with E-state index in [4.69, 9.17) is 23.2 Å². The highest BCUT2D eigenvalue weighted by atomic mass is 35.5. The lowest BCUT2D eigenvalue weighted by Crippen LogP contribution is -2.31. The predicted molar refractivity (Wildman–Crippen MR) is 117 cm³/mol. The highest BCUT2D eigenvalue weighted by molar-refractivity contribution is 6.37. The molecule has 1 fully saturated rings. The van der Waals surface area contributed by atoms with E-state index in [-0.39, 0.29) is 39.1 Å². The number of carbonyl (C=O) groups is 2. The number of nitrogens with zero attached hydrogens (tertiary/aromatic N) is 3. The van der Waals surface area contributed by atoms with Crippen molar-refractivity contribution in [3.8, 4) is 0 Å². The molecule has 3 heterocycles. The molecule has 1 aliphatic heterocycles. The Hall–Kier alpha value is -2.48. The van der Waals surface area contributed by atoms with Crippen molar-refractivity contribution in [3.05, 3.63) is 75.0 Å². The SMILES string of the molecule is CN1CCC(n2cc(CC(=O)c3cc(C(=O)c4c(Cl)ccc(Cl)c4F)c[nH]3)cn2)CC1. The Bertz CT molecular complexity index is 1130. The van der Waals surface area contributed by atoms with Crippen LogP contribution in [0, 0.1) is 5.82 Å². The second kappa shape index (κ2) is 8.94. The number of benzene rings is 1. The van der Waals surface area contributed by atoms with Gasteiger partial charge in [0.05, 0.1) is 33.5 Å². The van der Waals surface area contributed by atoms with Crippen molar-refractivity contribution in [1.82, 2.24) is 19.7 Å². The molecule has 0 bridgehead atoms. The molecule has 31 heavy (non-hydrogen) atoms. The van der Waals surface area contributed by atoms with Crippen molar-refractivity contribution in [2.24, 2.45) is 0 Å². The van der Waals surface area contributed by atoms with E-state index in [0.29, 0.717) is 6.04 Å². The fraction of sp³-hybridized carbons (Fsp3) is 0.318. The molecule has 0 spiro atoms. The summed E-state index contributed by atoms with van der Waals surface area (Å²) in [6, 6.07) is 4.39. The van der Waals surface area contributed by atoms with Crippen LogP contribution < -0.4 is 0 Å². The van der Waals surface area contributed by atoms with Gasteiger partial charge in [0.1, 0.15) is 0 Å². The molecule has 1 aliphatic rings. The largest absolute Gasteiger partial charge is 0.358 e. The molecule has 6 nitrogen and oxygen atoms in total. The first kappa shape index (κ1) is 21.7. The number of H-pyrrole nitrogens is 1. The van der Waals surface area contributed by atoms with Crippen LogP contribution in [0.2, 0.25) is 10.0 Å². The number of hydrogen-bond acceptors (Lipinski definition) is 4. The van der Waals surface area contributed by atoms with Gasteiger partial charge < -0.3 is 9.88 Å². The maximum absolute atomic E-state index is 14.3. The molecular weight excluding hydrogens is 442 g/mol. The average molecular weight is 463 g/mol. The number of aromatic nitrogens is 3. The lowest BCUT2D eigenvalue weighted by atomic mass is 10.0. The van der Waals surface area contributed by atoms with Crippen LogP contribution in [0.15, 0.2) is 36.8 Å². The van der Waals surface area contributed by atoms with Gasteiger partial charge in [0, 0.05) is 24.4 Å². The van der Waals surface area contributed by atoms with Gasteiger partial charge in [-0.2, -0.15) is 5.10 Å². The van der Waals surface area contributed by atoms with E-state index in [1.165, 1.54) is 24.4 Å². The summed E-state index contributed by atoms with van der Waals surface area (Å²) < 4.78 is 16.2. The second-order valence-corrected chi connectivity index (χ2v) is 8.63. The van der Waals surface area contributed by atoms with Crippen molar-refractivity contribution in [2.75, 3.05) is 20.1 Å². The van der Waals surface area contributed by atoms with Gasteiger partial charge in [0.15, 0.2) is 17.4 Å². The standard InChI is InChI=1S/C22H21Cl2FN4O2/c1-28-6-4-15(5-7-28)29-12-13(10-27-29)8-19(30)18-9-14(11-26-18)22(31)20-16(23)2-3-17(24)21(20)25/h2-3,9-12,15,26H,4-8H2,1H3. The van der Waals surface area contributed by atoms with Crippen LogP contribution >= 0.6 is 23.2 Å². The molecule has 0 radical (unpaired) electrons. The first-order valence-electron chi connectivity index (χ1n) is 9.95. The monoisotopic (exact) mass is 462 g/mol. The molecule has 0 atom stereocenters. The Labute approximate surface area is 188 Å². The third-order valence-electron chi connectivity index (χ3n) is 5.60. The predicted octanol–water partition coefficient (Wildman–Crippen LogP) is 4.58. The maximum Gasteiger partial charge on any atom is 0.199 e. The number of ketones is 2. The fourth-order valence-corrected chi connectivity index (χ4v) is 4.16. The van der Waals surface area contributed by atoms with Gasteiger partial charge in [0.2, 0.25) is 0 Å². The fourth-order valence-electron chi connectivity index (χ4n) is 3.77. The van der Waals surface area contributed by atoms with Gasteiger partial charge >= 0.3 is 0 Å². The van der Waals surface area contributed by atoms with Gasteiger partial charge in [-0.05, 0) is 56.7 Å². The van der Waals surface area contributed by atoms with Gasteiger partial charge in [-0.1, -0.05) is 23.2 Å². The van der Waals surface area contributed by atoms with Gasteiger partial charge in [0.25, 0.3) is 0 Å². The number of hydrogen-bond donors (Lipinski definition) is 1. The Morgan fingerprint density at radius 1 is 1.23 bits per heavy atom. The first-order valence-corrected chi connectivity index (χ1v) is 10.7. The molecule has 3 aromatic rings. The smallest absolute Gasteiger partial charge is 0.199 e. The quantitative estimate of drug-likeness (QED) is 0.429. The number of piperidine rings is 1. The molecule has 1 saturated heterocycles. The molecule has 1 N–H and O–H groups in total. The highest BCUT2D eigenvalue weighted by Crippen LogP contribution is 2.28. The third kappa shape index (κ3) is 4.59. The minimum atomic E-state index is -0.880. The lowest BCUT2D eigenvalue weighted by molar-refractivity contribution is 0.0988. The van der Waals surface area contributed by atoms with Crippen LogP contribution in [0.4, 0.5) is 4.39 Å². The van der Waals surface area contributed by atoms with Crippen LogP contribution in [-0.2, 0) is 6.42 Å². The minimum absolute atomic E-state index is 0.0395. The highest BCUT2D eigenvalue weighted by Gasteiger charge is 2.23. The molecule has 162 valence electrons. The second-order valence-electron chi connectivity index (χ2n) is 7.81. The maximum atomic E-state index is 14.3. The van der Waals surface area contributed by atoms with Crippen molar-refractivity contribution in [1.29, 1.82) is 0 Å². The summed E-state index contributed by atoms with van der Waals surface area (Å²) in [6.45, 7) is 2.05. The molecular formula is C22H21Cl2FN4O2. The molecule has 1 aromatic carbocycles. The van der Waals surface area contributed by atoms with Crippen LogP contribution in [0.1, 0.15) is 50.9 Å². The van der Waals surface area contributed by atoms with E-state index in [1.807, 2.05) is 10.9 Å². The molecule has 9 heteroatoms.